The van der Waals surface area contributed by atoms with Crippen molar-refractivity contribution in [2.45, 2.75) is 32.9 Å². The van der Waals surface area contributed by atoms with Crippen LogP contribution in [-0.4, -0.2) is 21.1 Å². The van der Waals surface area contributed by atoms with Gasteiger partial charge in [0, 0.05) is 12.4 Å². The van der Waals surface area contributed by atoms with Crippen molar-refractivity contribution in [3.8, 4) is 5.75 Å². The molecule has 0 saturated heterocycles. The average molecular weight is 273 g/mol. The molecule has 2 rings (SSSR count). The Bertz CT molecular complexity index is 573. The predicted molar refractivity (Wildman–Crippen MR) is 75.9 cm³/mol. The normalized spacial score (nSPS) is 12.4. The number of aromatic nitrogens is 3. The number of nitrogens with two attached hydrogens (primary N) is 1. The van der Waals surface area contributed by atoms with E-state index in [1.54, 1.807) is 18.6 Å². The molecule has 0 radical (unpaired) electrons. The van der Waals surface area contributed by atoms with E-state index in [-0.39, 0.29) is 12.1 Å². The molecule has 2 aromatic heterocycles. The minimum atomic E-state index is -0.250. The van der Waals surface area contributed by atoms with E-state index in [0.717, 1.165) is 11.3 Å². The molecule has 3 N–H and O–H groups in total. The molecule has 0 aliphatic rings. The molecule has 106 valence electrons. The van der Waals surface area contributed by atoms with Crippen molar-refractivity contribution in [2.24, 2.45) is 5.84 Å². The molecule has 0 aliphatic carbocycles. The zero-order valence-electron chi connectivity index (χ0n) is 11.9. The van der Waals surface area contributed by atoms with Crippen LogP contribution in [0.4, 0.5) is 0 Å². The molecule has 0 bridgehead atoms. The highest BCUT2D eigenvalue weighted by atomic mass is 16.5. The first-order valence-corrected chi connectivity index (χ1v) is 6.47. The van der Waals surface area contributed by atoms with Crippen LogP contribution in [-0.2, 0) is 0 Å². The van der Waals surface area contributed by atoms with Gasteiger partial charge >= 0.3 is 0 Å². The number of hydrogen-bond donors (Lipinski definition) is 2. The Kier molecular flexibility index (Phi) is 4.60. The third-order valence-corrected chi connectivity index (χ3v) is 2.70. The molecule has 0 fully saturated rings. The number of nitrogens with one attached hydrogen (secondary N) is 1. The smallest absolute Gasteiger partial charge is 0.138 e. The van der Waals surface area contributed by atoms with E-state index in [9.17, 15) is 0 Å². The van der Waals surface area contributed by atoms with Gasteiger partial charge in [0.1, 0.15) is 11.6 Å². The molecule has 2 aromatic rings. The van der Waals surface area contributed by atoms with Gasteiger partial charge in [-0.2, -0.15) is 0 Å². The maximum atomic E-state index is 5.66. The Labute approximate surface area is 118 Å². The summed E-state index contributed by atoms with van der Waals surface area (Å²) in [5.74, 6) is 7.07. The number of rotatable bonds is 5. The van der Waals surface area contributed by atoms with Gasteiger partial charge in [-0.05, 0) is 38.5 Å². The second kappa shape index (κ2) is 6.40. The molecule has 0 aliphatic heterocycles. The summed E-state index contributed by atoms with van der Waals surface area (Å²) in [5, 5.41) is 0. The Balaban J connectivity index is 2.32. The SMILES string of the molecule is Cc1nccc(C(NN)c2cncc(OC(C)C)c2)n1. The Morgan fingerprint density at radius 1 is 1.30 bits per heavy atom. The van der Waals surface area contributed by atoms with Crippen LogP contribution in [0.1, 0.15) is 37.0 Å². The van der Waals surface area contributed by atoms with Crippen LogP contribution < -0.4 is 16.0 Å². The average Bonchev–Trinajstić information content (AvgIpc) is 2.39. The summed E-state index contributed by atoms with van der Waals surface area (Å²) in [6.45, 7) is 5.78. The van der Waals surface area contributed by atoms with Crippen LogP contribution in [0, 0.1) is 6.92 Å². The molecule has 1 unspecified atom stereocenters. The van der Waals surface area contributed by atoms with E-state index < -0.39 is 0 Å². The van der Waals surface area contributed by atoms with Gasteiger partial charge in [-0.1, -0.05) is 0 Å². The predicted octanol–water partition coefficient (Wildman–Crippen LogP) is 1.52. The molecular formula is C14H19N5O. The van der Waals surface area contributed by atoms with Crippen molar-refractivity contribution in [3.63, 3.8) is 0 Å². The molecule has 1 atom stereocenters. The zero-order valence-corrected chi connectivity index (χ0v) is 11.9. The fraction of sp³-hybridized carbons (Fsp3) is 0.357. The standard InChI is InChI=1S/C14H19N5O/c1-9(2)20-12-6-11(7-16-8-12)14(19-15)13-4-5-17-10(3)18-13/h4-9,14,19H,15H2,1-3H3. The van der Waals surface area contributed by atoms with Crippen molar-refractivity contribution in [1.82, 2.24) is 20.4 Å². The molecule has 2 heterocycles. The molecule has 0 aromatic carbocycles. The Morgan fingerprint density at radius 2 is 2.10 bits per heavy atom. The van der Waals surface area contributed by atoms with E-state index in [1.165, 1.54) is 0 Å². The van der Waals surface area contributed by atoms with E-state index in [0.29, 0.717) is 11.6 Å². The zero-order chi connectivity index (χ0) is 14.5. The lowest BCUT2D eigenvalue weighted by Gasteiger charge is -2.17. The summed E-state index contributed by atoms with van der Waals surface area (Å²) in [6, 6.07) is 3.49. The maximum absolute atomic E-state index is 5.66. The largest absolute Gasteiger partial charge is 0.489 e. The number of aryl methyl sites for hydroxylation is 1. The Hall–Kier alpha value is -2.05. The summed E-state index contributed by atoms with van der Waals surface area (Å²) >= 11 is 0. The first-order chi connectivity index (χ1) is 9.60. The van der Waals surface area contributed by atoms with Crippen LogP contribution >= 0.6 is 0 Å². The summed E-state index contributed by atoms with van der Waals surface area (Å²) in [7, 11) is 0. The van der Waals surface area contributed by atoms with Crippen molar-refractivity contribution < 1.29 is 4.74 Å². The third-order valence-electron chi connectivity index (χ3n) is 2.70. The van der Waals surface area contributed by atoms with Crippen molar-refractivity contribution in [1.29, 1.82) is 0 Å². The topological polar surface area (TPSA) is 86.0 Å². The lowest BCUT2D eigenvalue weighted by molar-refractivity contribution is 0.241. The fourth-order valence-corrected chi connectivity index (χ4v) is 1.92. The molecule has 20 heavy (non-hydrogen) atoms. The Morgan fingerprint density at radius 3 is 2.75 bits per heavy atom. The summed E-state index contributed by atoms with van der Waals surface area (Å²) in [6.07, 6.45) is 5.24. The lowest BCUT2D eigenvalue weighted by atomic mass is 10.1. The number of ether oxygens (including phenoxy) is 1. The molecule has 6 heteroatoms. The highest BCUT2D eigenvalue weighted by Crippen LogP contribution is 2.22. The molecular weight excluding hydrogens is 254 g/mol. The minimum absolute atomic E-state index is 0.0950. The fourth-order valence-electron chi connectivity index (χ4n) is 1.92. The van der Waals surface area contributed by atoms with E-state index in [1.807, 2.05) is 32.9 Å². The van der Waals surface area contributed by atoms with E-state index in [2.05, 4.69) is 20.4 Å². The number of hydrogen-bond acceptors (Lipinski definition) is 6. The van der Waals surface area contributed by atoms with Crippen LogP contribution in [0.2, 0.25) is 0 Å². The second-order valence-corrected chi connectivity index (χ2v) is 4.75. The van der Waals surface area contributed by atoms with Crippen LogP contribution in [0.5, 0.6) is 5.75 Å². The molecule has 0 saturated carbocycles. The maximum Gasteiger partial charge on any atom is 0.138 e. The van der Waals surface area contributed by atoms with Gasteiger partial charge in [0.25, 0.3) is 0 Å². The third kappa shape index (κ3) is 3.49. The van der Waals surface area contributed by atoms with E-state index >= 15 is 0 Å². The first-order valence-electron chi connectivity index (χ1n) is 6.47. The summed E-state index contributed by atoms with van der Waals surface area (Å²) in [5.41, 5.74) is 4.44. The minimum Gasteiger partial charge on any atom is -0.489 e. The van der Waals surface area contributed by atoms with Gasteiger partial charge in [0.15, 0.2) is 0 Å². The second-order valence-electron chi connectivity index (χ2n) is 4.75. The van der Waals surface area contributed by atoms with Gasteiger partial charge in [-0.15, -0.1) is 0 Å². The van der Waals surface area contributed by atoms with Gasteiger partial charge in [0.05, 0.1) is 24.0 Å². The van der Waals surface area contributed by atoms with Crippen LogP contribution in [0.3, 0.4) is 0 Å². The van der Waals surface area contributed by atoms with Gasteiger partial charge in [0.2, 0.25) is 0 Å². The van der Waals surface area contributed by atoms with E-state index in [4.69, 9.17) is 10.6 Å². The van der Waals surface area contributed by atoms with Crippen molar-refractivity contribution in [2.75, 3.05) is 0 Å². The van der Waals surface area contributed by atoms with Crippen molar-refractivity contribution in [3.05, 3.63) is 47.8 Å². The number of hydrazine groups is 1. The lowest BCUT2D eigenvalue weighted by Crippen LogP contribution is -2.29. The number of pyridine rings is 1. The van der Waals surface area contributed by atoms with Crippen LogP contribution in [0.25, 0.3) is 0 Å². The number of nitrogens with zero attached hydrogens (tertiary/aromatic N) is 3. The first kappa shape index (κ1) is 14.4. The molecule has 0 spiro atoms. The highest BCUT2D eigenvalue weighted by molar-refractivity contribution is 5.31. The van der Waals surface area contributed by atoms with Crippen LogP contribution in [0.15, 0.2) is 30.7 Å². The van der Waals surface area contributed by atoms with Crippen molar-refractivity contribution >= 4 is 0 Å². The summed E-state index contributed by atoms with van der Waals surface area (Å²) in [4.78, 5) is 12.7. The molecule has 6 nitrogen and oxygen atoms in total. The van der Waals surface area contributed by atoms with Gasteiger partial charge in [-0.3, -0.25) is 10.8 Å². The summed E-state index contributed by atoms with van der Waals surface area (Å²) < 4.78 is 5.65. The van der Waals surface area contributed by atoms with Gasteiger partial charge in [-0.25, -0.2) is 15.4 Å². The highest BCUT2D eigenvalue weighted by Gasteiger charge is 2.15. The van der Waals surface area contributed by atoms with Gasteiger partial charge < -0.3 is 4.74 Å². The monoisotopic (exact) mass is 273 g/mol. The molecule has 0 amide bonds. The quantitative estimate of drug-likeness (QED) is 0.634.